The Morgan fingerprint density at radius 3 is 1.25 bits per heavy atom. The molecule has 4 aliphatic carbocycles. The number of amidine groups is 2. The monoisotopic (exact) mass is 760 g/mol. The maximum absolute atomic E-state index is 12.7. The summed E-state index contributed by atoms with van der Waals surface area (Å²) in [6, 6.07) is 15.6. The first kappa shape index (κ1) is 38.7. The predicted octanol–water partition coefficient (Wildman–Crippen LogP) is 4.21. The average Bonchev–Trinajstić information content (AvgIpc) is 4.03. The molecular formula is C42H48N8O6. The van der Waals surface area contributed by atoms with Gasteiger partial charge in [0.05, 0.1) is 35.3 Å². The number of hydrogen-bond acceptors (Lipinski definition) is 12. The highest BCUT2D eigenvalue weighted by molar-refractivity contribution is 6.44. The Labute approximate surface area is 326 Å². The number of nitrogens with zero attached hydrogens (tertiary/aromatic N) is 8. The van der Waals surface area contributed by atoms with Gasteiger partial charge in [-0.1, -0.05) is 59.7 Å². The molecule has 0 saturated heterocycles. The van der Waals surface area contributed by atoms with Crippen LogP contribution >= 0.6 is 0 Å². The van der Waals surface area contributed by atoms with Crippen molar-refractivity contribution < 1.29 is 29.4 Å². The number of aliphatic hydroxyl groups excluding tert-OH is 2. The molecule has 2 saturated carbocycles. The Kier molecular flexibility index (Phi) is 10.7. The van der Waals surface area contributed by atoms with E-state index in [9.17, 15) is 19.2 Å². The van der Waals surface area contributed by atoms with Crippen LogP contribution in [0.2, 0.25) is 0 Å². The molecule has 292 valence electrons. The van der Waals surface area contributed by atoms with Crippen molar-refractivity contribution in [3.8, 4) is 0 Å². The molecule has 0 radical (unpaired) electrons. The Morgan fingerprint density at radius 2 is 0.929 bits per heavy atom. The van der Waals surface area contributed by atoms with Crippen molar-refractivity contribution in [1.29, 1.82) is 0 Å². The van der Waals surface area contributed by atoms with Crippen LogP contribution in [0.25, 0.3) is 0 Å². The van der Waals surface area contributed by atoms with E-state index in [1.165, 1.54) is 13.8 Å². The van der Waals surface area contributed by atoms with Crippen molar-refractivity contribution in [2.24, 2.45) is 55.7 Å². The number of carbonyl (C=O) groups excluding carboxylic acids is 4. The van der Waals surface area contributed by atoms with Gasteiger partial charge in [0.1, 0.15) is 0 Å². The number of ketones is 2. The van der Waals surface area contributed by atoms with Gasteiger partial charge in [0.25, 0.3) is 11.8 Å². The van der Waals surface area contributed by atoms with Gasteiger partial charge in [-0.2, -0.15) is 20.0 Å². The Hall–Kier alpha value is -5.60. The van der Waals surface area contributed by atoms with E-state index in [1.54, 1.807) is 23.9 Å². The highest BCUT2D eigenvalue weighted by atomic mass is 16.3. The maximum atomic E-state index is 12.7. The van der Waals surface area contributed by atoms with E-state index in [2.05, 4.69) is 44.5 Å². The molecule has 0 unspecified atom stereocenters. The summed E-state index contributed by atoms with van der Waals surface area (Å²) in [5, 5.41) is 27.4. The molecule has 14 heteroatoms. The number of fused-ring (bicyclic) bond motifs is 14. The van der Waals surface area contributed by atoms with Gasteiger partial charge in [-0.3, -0.25) is 29.0 Å². The molecule has 4 aliphatic heterocycles. The summed E-state index contributed by atoms with van der Waals surface area (Å²) >= 11 is 0. The molecule has 10 rings (SSSR count). The molecule has 2 N–H and O–H groups in total. The van der Waals surface area contributed by atoms with E-state index in [-0.39, 0.29) is 84.2 Å². The topological polar surface area (TPSA) is 171 Å². The third-order valence-corrected chi connectivity index (χ3v) is 11.3. The predicted molar refractivity (Wildman–Crippen MR) is 214 cm³/mol. The van der Waals surface area contributed by atoms with Crippen molar-refractivity contribution in [2.75, 3.05) is 23.2 Å². The van der Waals surface area contributed by atoms with Crippen LogP contribution in [0.4, 0.5) is 11.4 Å². The largest absolute Gasteiger partial charge is 0.397 e. The quantitative estimate of drug-likeness (QED) is 0.431. The van der Waals surface area contributed by atoms with Gasteiger partial charge in [-0.05, 0) is 88.5 Å². The second-order valence-corrected chi connectivity index (χ2v) is 15.1. The molecule has 14 nitrogen and oxygen atoms in total. The zero-order valence-electron chi connectivity index (χ0n) is 32.5. The molecule has 8 aliphatic rings. The van der Waals surface area contributed by atoms with Crippen LogP contribution in [0.5, 0.6) is 0 Å². The molecule has 0 spiro atoms. The van der Waals surface area contributed by atoms with Gasteiger partial charge in [0.2, 0.25) is 11.9 Å². The Bertz CT molecular complexity index is 1950. The second-order valence-electron chi connectivity index (χ2n) is 15.1. The van der Waals surface area contributed by atoms with Crippen molar-refractivity contribution in [3.63, 3.8) is 0 Å². The fourth-order valence-electron chi connectivity index (χ4n) is 9.02. The van der Waals surface area contributed by atoms with Crippen LogP contribution in [0.1, 0.15) is 51.7 Å². The van der Waals surface area contributed by atoms with Gasteiger partial charge < -0.3 is 10.2 Å². The van der Waals surface area contributed by atoms with Crippen LogP contribution in [-0.2, 0) is 19.2 Å². The van der Waals surface area contributed by atoms with Crippen LogP contribution in [0, 0.1) is 49.4 Å². The molecule has 56 heavy (non-hydrogen) atoms. The standard InChI is InChI=1S/2C19H18N4O2.2C2H6O/c2*1-10-3-7-14(8-4-10)23-19-20-18(25)15-12-5-6-13(9-12)16(15)22(19)17(21-23)11(2)24;2*1-2-3/h2*3-8,12-13,15-16H,9H2,1-2H3;2*3H,2H2,1H3/t2*12-,13+,15+,16-;;/m10../s1. The van der Waals surface area contributed by atoms with Crippen molar-refractivity contribution in [3.05, 3.63) is 84.0 Å². The SMILES string of the molecule is CC(=O)C1=NN(c2ccc(C)cc2)C2=NC(=O)[C@@H]3[C@@H]([C@H]4C=C[C@@H]3C4)N12.CC(=O)C1=NN(c2ccc(C)cc2)C2=NC(=O)[C@H]3[C@H]([C@@H]4C=C[C@H]3C4)N12.CCO.CCO. The number of aryl methyl sites for hydroxylation is 2. The summed E-state index contributed by atoms with van der Waals surface area (Å²) in [4.78, 5) is 62.4. The van der Waals surface area contributed by atoms with Crippen molar-refractivity contribution in [2.45, 2.75) is 66.5 Å². The Morgan fingerprint density at radius 1 is 0.607 bits per heavy atom. The number of Topliss-reactive ketones (excluding diaryl/α,β-unsaturated/α-hetero) is 2. The number of rotatable bonds is 4. The number of amides is 2. The number of aliphatic imine (C=N–C) groups is 2. The number of allylic oxidation sites excluding steroid dienone is 2. The number of guanidine groups is 2. The van der Waals surface area contributed by atoms with Crippen LogP contribution < -0.4 is 10.0 Å². The molecule has 2 aromatic carbocycles. The highest BCUT2D eigenvalue weighted by Gasteiger charge is 2.59. The zero-order valence-corrected chi connectivity index (χ0v) is 32.5. The number of aliphatic hydroxyl groups is 2. The molecule has 8 atom stereocenters. The summed E-state index contributed by atoms with van der Waals surface area (Å²) in [5.41, 5.74) is 3.87. The minimum Gasteiger partial charge on any atom is -0.397 e. The molecule has 0 aromatic heterocycles. The van der Waals surface area contributed by atoms with Crippen LogP contribution in [-0.4, -0.2) is 92.3 Å². The fourth-order valence-corrected chi connectivity index (χ4v) is 9.02. The van der Waals surface area contributed by atoms with E-state index >= 15 is 0 Å². The summed E-state index contributed by atoms with van der Waals surface area (Å²) in [6.45, 7) is 10.9. The van der Waals surface area contributed by atoms with Gasteiger partial charge in [0.15, 0.2) is 23.2 Å². The van der Waals surface area contributed by atoms with E-state index in [4.69, 9.17) is 10.2 Å². The molecule has 2 fully saturated rings. The average molecular weight is 761 g/mol. The number of anilines is 2. The van der Waals surface area contributed by atoms with Gasteiger partial charge in [-0.25, -0.2) is 0 Å². The van der Waals surface area contributed by atoms with Gasteiger partial charge in [-0.15, -0.1) is 10.2 Å². The smallest absolute Gasteiger partial charge is 0.254 e. The van der Waals surface area contributed by atoms with E-state index < -0.39 is 0 Å². The third kappa shape index (κ3) is 6.60. The number of carbonyl (C=O) groups is 4. The lowest BCUT2D eigenvalue weighted by Crippen LogP contribution is -2.56. The molecule has 4 heterocycles. The number of hydrazone groups is 2. The lowest BCUT2D eigenvalue weighted by molar-refractivity contribution is -0.125. The summed E-state index contributed by atoms with van der Waals surface area (Å²) in [6.07, 6.45) is 10.5. The van der Waals surface area contributed by atoms with E-state index in [1.807, 2.05) is 72.2 Å². The molecule has 4 bridgehead atoms. The highest BCUT2D eigenvalue weighted by Crippen LogP contribution is 2.51. The summed E-state index contributed by atoms with van der Waals surface area (Å²) in [5.74, 6) is 1.94. The minimum atomic E-state index is -0.165. The summed E-state index contributed by atoms with van der Waals surface area (Å²) in [7, 11) is 0. The first-order valence-corrected chi connectivity index (χ1v) is 19.3. The van der Waals surface area contributed by atoms with E-state index in [0.29, 0.717) is 23.6 Å². The van der Waals surface area contributed by atoms with Crippen LogP contribution in [0.15, 0.2) is 93.0 Å². The molecule has 2 amide bonds. The molecule has 2 aromatic rings. The lowest BCUT2D eigenvalue weighted by atomic mass is 9.86. The fraction of sp³-hybridized carbons (Fsp3) is 0.429. The third-order valence-electron chi connectivity index (χ3n) is 11.3. The van der Waals surface area contributed by atoms with Crippen molar-refractivity contribution in [1.82, 2.24) is 9.80 Å². The van der Waals surface area contributed by atoms with Gasteiger partial charge >= 0.3 is 0 Å². The first-order valence-electron chi connectivity index (χ1n) is 19.3. The Balaban J connectivity index is 0.000000151. The van der Waals surface area contributed by atoms with Crippen molar-refractivity contribution >= 4 is 58.3 Å². The van der Waals surface area contributed by atoms with Gasteiger partial charge in [0, 0.05) is 27.1 Å². The first-order chi connectivity index (χ1) is 26.9. The number of benzene rings is 2. The van der Waals surface area contributed by atoms with E-state index in [0.717, 1.165) is 35.3 Å². The summed E-state index contributed by atoms with van der Waals surface area (Å²) < 4.78 is 0. The van der Waals surface area contributed by atoms with Crippen LogP contribution in [0.3, 0.4) is 0 Å². The molecular weight excluding hydrogens is 713 g/mol. The second kappa shape index (κ2) is 15.5. The normalized spacial score (nSPS) is 29.1. The minimum absolute atomic E-state index is 0.0481. The lowest BCUT2D eigenvalue weighted by Gasteiger charge is -2.38. The zero-order chi connectivity index (χ0) is 40.0. The maximum Gasteiger partial charge on any atom is 0.254 e. The number of hydrogen-bond donors (Lipinski definition) is 2.